The van der Waals surface area contributed by atoms with E-state index in [1.807, 2.05) is 19.1 Å². The SMILES string of the molecule is CNC(C)c1ccccc1-n1ccc(C(F)(F)F)n1. The van der Waals surface area contributed by atoms with E-state index >= 15 is 0 Å². The molecule has 19 heavy (non-hydrogen) atoms. The molecule has 0 saturated heterocycles. The van der Waals surface area contributed by atoms with Crippen molar-refractivity contribution in [3.8, 4) is 5.69 Å². The van der Waals surface area contributed by atoms with Crippen molar-refractivity contribution in [1.29, 1.82) is 0 Å². The lowest BCUT2D eigenvalue weighted by Gasteiger charge is -2.15. The van der Waals surface area contributed by atoms with Gasteiger partial charge in [-0.25, -0.2) is 4.68 Å². The van der Waals surface area contributed by atoms with Crippen LogP contribution in [0.2, 0.25) is 0 Å². The molecule has 1 aromatic heterocycles. The molecule has 1 N–H and O–H groups in total. The Morgan fingerprint density at radius 3 is 2.47 bits per heavy atom. The number of hydrogen-bond donors (Lipinski definition) is 1. The quantitative estimate of drug-likeness (QED) is 0.927. The Morgan fingerprint density at radius 2 is 1.89 bits per heavy atom. The lowest BCUT2D eigenvalue weighted by atomic mass is 10.1. The topological polar surface area (TPSA) is 29.9 Å². The van der Waals surface area contributed by atoms with Crippen LogP contribution in [0.15, 0.2) is 36.5 Å². The first kappa shape index (κ1) is 13.6. The molecule has 2 rings (SSSR count). The van der Waals surface area contributed by atoms with Gasteiger partial charge in [0.2, 0.25) is 0 Å². The van der Waals surface area contributed by atoms with Crippen molar-refractivity contribution in [3.05, 3.63) is 47.8 Å². The summed E-state index contributed by atoms with van der Waals surface area (Å²) in [5.74, 6) is 0. The average molecular weight is 269 g/mol. The molecule has 0 amide bonds. The van der Waals surface area contributed by atoms with Crippen LogP contribution in [0, 0.1) is 0 Å². The number of rotatable bonds is 3. The Labute approximate surface area is 109 Å². The molecular weight excluding hydrogens is 255 g/mol. The highest BCUT2D eigenvalue weighted by molar-refractivity contribution is 5.42. The lowest BCUT2D eigenvalue weighted by molar-refractivity contribution is -0.141. The van der Waals surface area contributed by atoms with Gasteiger partial charge in [-0.1, -0.05) is 18.2 Å². The molecule has 0 aliphatic carbocycles. The maximum absolute atomic E-state index is 12.6. The van der Waals surface area contributed by atoms with Crippen molar-refractivity contribution in [3.63, 3.8) is 0 Å². The number of hydrogen-bond acceptors (Lipinski definition) is 2. The standard InChI is InChI=1S/C13H14F3N3/c1-9(17-2)10-5-3-4-6-11(10)19-8-7-12(18-19)13(14,15)16/h3-9,17H,1-2H3. The van der Waals surface area contributed by atoms with Crippen LogP contribution in [0.3, 0.4) is 0 Å². The molecule has 3 nitrogen and oxygen atoms in total. The second-order valence-electron chi connectivity index (χ2n) is 4.21. The minimum absolute atomic E-state index is 0.0229. The second-order valence-corrected chi connectivity index (χ2v) is 4.21. The zero-order valence-electron chi connectivity index (χ0n) is 10.6. The first-order chi connectivity index (χ1) is 8.93. The molecule has 0 aliphatic rings. The molecule has 1 aromatic carbocycles. The molecule has 102 valence electrons. The fourth-order valence-corrected chi connectivity index (χ4v) is 1.83. The monoisotopic (exact) mass is 269 g/mol. The van der Waals surface area contributed by atoms with Crippen LogP contribution in [0.5, 0.6) is 0 Å². The lowest BCUT2D eigenvalue weighted by Crippen LogP contribution is -2.15. The van der Waals surface area contributed by atoms with Crippen molar-refractivity contribution in [2.24, 2.45) is 0 Å². The van der Waals surface area contributed by atoms with Crippen LogP contribution < -0.4 is 5.32 Å². The molecule has 0 radical (unpaired) electrons. The van der Waals surface area contributed by atoms with E-state index in [0.717, 1.165) is 11.6 Å². The maximum atomic E-state index is 12.6. The first-order valence-corrected chi connectivity index (χ1v) is 5.83. The molecule has 0 bridgehead atoms. The number of nitrogens with zero attached hydrogens (tertiary/aromatic N) is 2. The van der Waals surface area contributed by atoms with E-state index in [1.165, 1.54) is 10.9 Å². The smallest absolute Gasteiger partial charge is 0.313 e. The van der Waals surface area contributed by atoms with E-state index in [4.69, 9.17) is 0 Å². The summed E-state index contributed by atoms with van der Waals surface area (Å²) in [5, 5.41) is 6.66. The van der Waals surface area contributed by atoms with Crippen LogP contribution in [0.1, 0.15) is 24.2 Å². The number of nitrogens with one attached hydrogen (secondary N) is 1. The van der Waals surface area contributed by atoms with Gasteiger partial charge in [0.15, 0.2) is 5.69 Å². The van der Waals surface area contributed by atoms with Crippen molar-refractivity contribution in [1.82, 2.24) is 15.1 Å². The number of aromatic nitrogens is 2. The van der Waals surface area contributed by atoms with E-state index in [1.54, 1.807) is 19.2 Å². The van der Waals surface area contributed by atoms with Crippen LogP contribution in [-0.2, 0) is 6.18 Å². The van der Waals surface area contributed by atoms with Crippen molar-refractivity contribution < 1.29 is 13.2 Å². The maximum Gasteiger partial charge on any atom is 0.435 e. The van der Waals surface area contributed by atoms with Crippen LogP contribution in [0.25, 0.3) is 5.69 Å². The summed E-state index contributed by atoms with van der Waals surface area (Å²) in [6.07, 6.45) is -3.10. The van der Waals surface area contributed by atoms with Crippen LogP contribution >= 0.6 is 0 Å². The van der Waals surface area contributed by atoms with E-state index in [2.05, 4.69) is 10.4 Å². The fourth-order valence-electron chi connectivity index (χ4n) is 1.83. The predicted molar refractivity (Wildman–Crippen MR) is 66.0 cm³/mol. The summed E-state index contributed by atoms with van der Waals surface area (Å²) >= 11 is 0. The van der Waals surface area contributed by atoms with Gasteiger partial charge in [0.25, 0.3) is 0 Å². The highest BCUT2D eigenvalue weighted by atomic mass is 19.4. The third kappa shape index (κ3) is 2.78. The van der Waals surface area contributed by atoms with Gasteiger partial charge in [-0.15, -0.1) is 0 Å². The number of alkyl halides is 3. The Morgan fingerprint density at radius 1 is 1.21 bits per heavy atom. The summed E-state index contributed by atoms with van der Waals surface area (Å²) in [6, 6.07) is 8.23. The number of para-hydroxylation sites is 1. The summed E-state index contributed by atoms with van der Waals surface area (Å²) in [6.45, 7) is 1.94. The zero-order chi connectivity index (χ0) is 14.0. The van der Waals surface area contributed by atoms with Crippen LogP contribution in [0.4, 0.5) is 13.2 Å². The highest BCUT2D eigenvalue weighted by Gasteiger charge is 2.33. The van der Waals surface area contributed by atoms with Gasteiger partial charge in [-0.3, -0.25) is 0 Å². The second kappa shape index (κ2) is 5.05. The predicted octanol–water partition coefficient (Wildman–Crippen LogP) is 3.17. The summed E-state index contributed by atoms with van der Waals surface area (Å²) in [4.78, 5) is 0. The van der Waals surface area contributed by atoms with Gasteiger partial charge in [0.1, 0.15) is 0 Å². The van der Waals surface area contributed by atoms with Gasteiger partial charge < -0.3 is 5.32 Å². The molecule has 0 spiro atoms. The largest absolute Gasteiger partial charge is 0.435 e. The van der Waals surface area contributed by atoms with E-state index in [0.29, 0.717) is 5.69 Å². The highest BCUT2D eigenvalue weighted by Crippen LogP contribution is 2.29. The molecule has 6 heteroatoms. The van der Waals surface area contributed by atoms with E-state index in [-0.39, 0.29) is 6.04 Å². The molecule has 2 aromatic rings. The third-order valence-corrected chi connectivity index (χ3v) is 2.96. The van der Waals surface area contributed by atoms with Crippen molar-refractivity contribution >= 4 is 0 Å². The van der Waals surface area contributed by atoms with Gasteiger partial charge in [-0.05, 0) is 31.7 Å². The van der Waals surface area contributed by atoms with Gasteiger partial charge >= 0.3 is 6.18 Å². The summed E-state index contributed by atoms with van der Waals surface area (Å²) in [5.41, 5.74) is 0.640. The molecule has 0 aliphatic heterocycles. The Hall–Kier alpha value is -1.82. The van der Waals surface area contributed by atoms with E-state index in [9.17, 15) is 13.2 Å². The molecule has 0 fully saturated rings. The minimum atomic E-state index is -4.42. The Bertz CT molecular complexity index is 560. The van der Waals surface area contributed by atoms with Crippen molar-refractivity contribution in [2.45, 2.75) is 19.1 Å². The average Bonchev–Trinajstić information content (AvgIpc) is 2.87. The number of halogens is 3. The normalized spacial score (nSPS) is 13.5. The zero-order valence-corrected chi connectivity index (χ0v) is 10.6. The van der Waals surface area contributed by atoms with E-state index < -0.39 is 11.9 Å². The third-order valence-electron chi connectivity index (χ3n) is 2.96. The fraction of sp³-hybridized carbons (Fsp3) is 0.308. The first-order valence-electron chi connectivity index (χ1n) is 5.83. The Kier molecular flexibility index (Phi) is 3.61. The van der Waals surface area contributed by atoms with Gasteiger partial charge in [-0.2, -0.15) is 18.3 Å². The summed E-state index contributed by atoms with van der Waals surface area (Å²) in [7, 11) is 1.80. The Balaban J connectivity index is 2.45. The minimum Gasteiger partial charge on any atom is -0.313 e. The molecule has 1 heterocycles. The molecule has 1 atom stereocenters. The summed E-state index contributed by atoms with van der Waals surface area (Å²) < 4.78 is 38.9. The van der Waals surface area contributed by atoms with Gasteiger partial charge in [0.05, 0.1) is 5.69 Å². The van der Waals surface area contributed by atoms with Gasteiger partial charge in [0, 0.05) is 12.2 Å². The number of benzene rings is 1. The molecular formula is C13H14F3N3. The molecule has 1 unspecified atom stereocenters. The molecule has 0 saturated carbocycles. The van der Waals surface area contributed by atoms with Crippen molar-refractivity contribution in [2.75, 3.05) is 7.05 Å². The van der Waals surface area contributed by atoms with Crippen LogP contribution in [-0.4, -0.2) is 16.8 Å².